The largest absolute Gasteiger partial charge is 0.392 e. The van der Waals surface area contributed by atoms with Crippen molar-refractivity contribution in [1.29, 1.82) is 0 Å². The van der Waals surface area contributed by atoms with Gasteiger partial charge in [-0.2, -0.15) is 0 Å². The minimum Gasteiger partial charge on any atom is -0.392 e. The monoisotopic (exact) mass is 287 g/mol. The Labute approximate surface area is 103 Å². The minimum atomic E-state index is -0.158. The Bertz CT molecular complexity index is 317. The van der Waals surface area contributed by atoms with Gasteiger partial charge >= 0.3 is 0 Å². The Kier molecular flexibility index (Phi) is 4.05. The van der Waals surface area contributed by atoms with Crippen molar-refractivity contribution in [3.63, 3.8) is 0 Å². The van der Waals surface area contributed by atoms with Crippen LogP contribution in [0.15, 0.2) is 27.8 Å². The molecule has 1 aromatic rings. The highest BCUT2D eigenvalue weighted by atomic mass is 79.9. The number of pyridine rings is 1. The Morgan fingerprint density at radius 2 is 2.13 bits per heavy atom. The van der Waals surface area contributed by atoms with Crippen molar-refractivity contribution in [3.8, 4) is 0 Å². The first kappa shape index (κ1) is 11.4. The molecular weight excluding hydrogens is 274 g/mol. The predicted octanol–water partition coefficient (Wildman–Crippen LogP) is 3.24. The molecule has 0 saturated heterocycles. The normalized spacial score (nSPS) is 26.5. The number of thioether (sulfide) groups is 1. The molecule has 1 N–H and O–H groups in total. The molecule has 2 nitrogen and oxygen atoms in total. The van der Waals surface area contributed by atoms with E-state index >= 15 is 0 Å². The molecule has 1 aliphatic rings. The molecule has 0 unspecified atom stereocenters. The minimum absolute atomic E-state index is 0.158. The number of hydrogen-bond donors (Lipinski definition) is 1. The highest BCUT2D eigenvalue weighted by Gasteiger charge is 2.24. The van der Waals surface area contributed by atoms with Crippen LogP contribution in [0.2, 0.25) is 0 Å². The summed E-state index contributed by atoms with van der Waals surface area (Å²) in [6.45, 7) is 0. The molecule has 4 heteroatoms. The Morgan fingerprint density at radius 1 is 1.33 bits per heavy atom. The zero-order chi connectivity index (χ0) is 10.7. The van der Waals surface area contributed by atoms with Crippen LogP contribution < -0.4 is 0 Å². The van der Waals surface area contributed by atoms with Gasteiger partial charge in [0.25, 0.3) is 0 Å². The Morgan fingerprint density at radius 3 is 2.80 bits per heavy atom. The highest BCUT2D eigenvalue weighted by Crippen LogP contribution is 2.33. The van der Waals surface area contributed by atoms with Gasteiger partial charge in [0, 0.05) is 15.9 Å². The van der Waals surface area contributed by atoms with E-state index in [1.807, 2.05) is 12.1 Å². The number of nitrogens with zero attached hydrogens (tertiary/aromatic N) is 1. The summed E-state index contributed by atoms with van der Waals surface area (Å²) in [5.74, 6) is 0. The molecular formula is C11H14BrNOS. The fourth-order valence-electron chi connectivity index (χ4n) is 1.80. The quantitative estimate of drug-likeness (QED) is 0.907. The molecule has 0 bridgehead atoms. The van der Waals surface area contributed by atoms with E-state index in [1.54, 1.807) is 18.0 Å². The van der Waals surface area contributed by atoms with Crippen LogP contribution in [0.4, 0.5) is 0 Å². The summed E-state index contributed by atoms with van der Waals surface area (Å²) in [5.41, 5.74) is 0. The third kappa shape index (κ3) is 3.20. The molecule has 82 valence electrons. The van der Waals surface area contributed by atoms with Crippen molar-refractivity contribution in [1.82, 2.24) is 4.98 Å². The highest BCUT2D eigenvalue weighted by molar-refractivity contribution is 9.10. The van der Waals surface area contributed by atoms with E-state index in [0.29, 0.717) is 5.25 Å². The number of rotatable bonds is 2. The van der Waals surface area contributed by atoms with Crippen LogP contribution in [0.25, 0.3) is 0 Å². The second-order valence-electron chi connectivity index (χ2n) is 3.82. The summed E-state index contributed by atoms with van der Waals surface area (Å²) in [7, 11) is 0. The lowest BCUT2D eigenvalue weighted by molar-refractivity contribution is 0.137. The van der Waals surface area contributed by atoms with Crippen molar-refractivity contribution in [2.24, 2.45) is 0 Å². The first-order valence-corrected chi connectivity index (χ1v) is 6.89. The smallest absolute Gasteiger partial charge is 0.0964 e. The molecule has 0 aromatic carbocycles. The standard InChI is InChI=1S/C11H14BrNOS/c12-8-5-6-11(13-7-8)15-10-4-2-1-3-9(10)14/h5-7,9-10,14H,1-4H2/t9-,10-/m1/s1. The molecule has 0 amide bonds. The summed E-state index contributed by atoms with van der Waals surface area (Å²) in [5, 5.41) is 11.2. The molecule has 15 heavy (non-hydrogen) atoms. The summed E-state index contributed by atoms with van der Waals surface area (Å²) in [6.07, 6.45) is 6.07. The van der Waals surface area contributed by atoms with Crippen molar-refractivity contribution >= 4 is 27.7 Å². The average Bonchev–Trinajstić information content (AvgIpc) is 2.25. The molecule has 0 aliphatic heterocycles. The maximum atomic E-state index is 9.83. The van der Waals surface area contributed by atoms with E-state index < -0.39 is 0 Å². The molecule has 0 spiro atoms. The summed E-state index contributed by atoms with van der Waals surface area (Å²) in [6, 6.07) is 3.99. The van der Waals surface area contributed by atoms with Gasteiger partial charge in [0.15, 0.2) is 0 Å². The van der Waals surface area contributed by atoms with E-state index in [-0.39, 0.29) is 6.10 Å². The molecule has 1 aromatic heterocycles. The predicted molar refractivity (Wildman–Crippen MR) is 66.1 cm³/mol. The zero-order valence-electron chi connectivity index (χ0n) is 8.40. The third-order valence-electron chi connectivity index (χ3n) is 2.64. The molecule has 2 rings (SSSR count). The van der Waals surface area contributed by atoms with Gasteiger partial charge < -0.3 is 5.11 Å². The second kappa shape index (κ2) is 5.32. The number of aliphatic hydroxyl groups excluding tert-OH is 1. The number of aromatic nitrogens is 1. The number of hydrogen-bond acceptors (Lipinski definition) is 3. The fourth-order valence-corrected chi connectivity index (χ4v) is 3.18. The van der Waals surface area contributed by atoms with Crippen LogP contribution in [-0.2, 0) is 0 Å². The fraction of sp³-hybridized carbons (Fsp3) is 0.545. The molecule has 2 atom stereocenters. The molecule has 0 radical (unpaired) electrons. The second-order valence-corrected chi connectivity index (χ2v) is 6.00. The first-order valence-electron chi connectivity index (χ1n) is 5.22. The van der Waals surface area contributed by atoms with Gasteiger partial charge in [-0.05, 0) is 40.9 Å². The van der Waals surface area contributed by atoms with Crippen molar-refractivity contribution < 1.29 is 5.11 Å². The third-order valence-corrected chi connectivity index (χ3v) is 4.44. The Hall–Kier alpha value is -0.0600. The molecule has 1 fully saturated rings. The summed E-state index contributed by atoms with van der Waals surface area (Å²) < 4.78 is 0.996. The van der Waals surface area contributed by atoms with Crippen molar-refractivity contribution in [2.75, 3.05) is 0 Å². The van der Waals surface area contributed by atoms with Gasteiger partial charge in [0.2, 0.25) is 0 Å². The van der Waals surface area contributed by atoms with Gasteiger partial charge in [-0.1, -0.05) is 12.8 Å². The first-order chi connectivity index (χ1) is 7.25. The summed E-state index contributed by atoms with van der Waals surface area (Å²) >= 11 is 5.06. The van der Waals surface area contributed by atoms with E-state index in [2.05, 4.69) is 20.9 Å². The number of halogens is 1. The zero-order valence-corrected chi connectivity index (χ0v) is 10.8. The maximum Gasteiger partial charge on any atom is 0.0964 e. The molecule has 1 heterocycles. The van der Waals surface area contributed by atoms with E-state index in [9.17, 15) is 5.11 Å². The summed E-state index contributed by atoms with van der Waals surface area (Å²) in [4.78, 5) is 4.31. The maximum absolute atomic E-state index is 9.83. The van der Waals surface area contributed by atoms with Crippen LogP contribution in [0.1, 0.15) is 25.7 Å². The van der Waals surface area contributed by atoms with Gasteiger partial charge in [0.05, 0.1) is 11.1 Å². The lowest BCUT2D eigenvalue weighted by Crippen LogP contribution is -2.26. The van der Waals surface area contributed by atoms with E-state index in [0.717, 1.165) is 28.8 Å². The molecule has 1 saturated carbocycles. The lowest BCUT2D eigenvalue weighted by atomic mass is 9.97. The average molecular weight is 288 g/mol. The number of aliphatic hydroxyl groups is 1. The van der Waals surface area contributed by atoms with Crippen LogP contribution in [-0.4, -0.2) is 21.4 Å². The van der Waals surface area contributed by atoms with Crippen molar-refractivity contribution in [3.05, 3.63) is 22.8 Å². The topological polar surface area (TPSA) is 33.1 Å². The van der Waals surface area contributed by atoms with Gasteiger partial charge in [-0.25, -0.2) is 4.98 Å². The van der Waals surface area contributed by atoms with E-state index in [1.165, 1.54) is 6.42 Å². The van der Waals surface area contributed by atoms with Crippen LogP contribution >= 0.6 is 27.7 Å². The molecule has 1 aliphatic carbocycles. The van der Waals surface area contributed by atoms with E-state index in [4.69, 9.17) is 0 Å². The van der Waals surface area contributed by atoms with Crippen LogP contribution in [0, 0.1) is 0 Å². The van der Waals surface area contributed by atoms with Gasteiger partial charge in [-0.15, -0.1) is 11.8 Å². The van der Waals surface area contributed by atoms with Crippen LogP contribution in [0.5, 0.6) is 0 Å². The lowest BCUT2D eigenvalue weighted by Gasteiger charge is -2.26. The SMILES string of the molecule is O[C@@H]1CCCC[C@H]1Sc1ccc(Br)cn1. The van der Waals surface area contributed by atoms with Crippen LogP contribution in [0.3, 0.4) is 0 Å². The van der Waals surface area contributed by atoms with Gasteiger partial charge in [-0.3, -0.25) is 0 Å². The Balaban J connectivity index is 1.98. The van der Waals surface area contributed by atoms with Crippen molar-refractivity contribution in [2.45, 2.75) is 42.1 Å². The van der Waals surface area contributed by atoms with Gasteiger partial charge in [0.1, 0.15) is 0 Å².